The molecule has 3 rings (SSSR count). The van der Waals surface area contributed by atoms with Crippen LogP contribution in [0.15, 0.2) is 42.5 Å². The molecule has 1 aliphatic heterocycles. The first-order chi connectivity index (χ1) is 19.7. The van der Waals surface area contributed by atoms with E-state index in [0.717, 1.165) is 31.9 Å². The minimum Gasteiger partial charge on any atom is -0.463 e. The van der Waals surface area contributed by atoms with Gasteiger partial charge >= 0.3 is 23.9 Å². The van der Waals surface area contributed by atoms with Gasteiger partial charge < -0.3 is 33.7 Å². The molecule has 1 heterocycles. The van der Waals surface area contributed by atoms with E-state index in [1.165, 1.54) is 13.8 Å². The zero-order chi connectivity index (χ0) is 31.2. The van der Waals surface area contributed by atoms with Gasteiger partial charge in [0.1, 0.15) is 18.5 Å². The van der Waals surface area contributed by atoms with Crippen molar-refractivity contribution in [2.75, 3.05) is 13.7 Å². The Morgan fingerprint density at radius 3 is 2.07 bits per heavy atom. The topological polar surface area (TPSA) is 153 Å². The summed E-state index contributed by atoms with van der Waals surface area (Å²) in [5.41, 5.74) is 0.963. The zero-order valence-electron chi connectivity index (χ0n) is 24.5. The number of esters is 4. The van der Waals surface area contributed by atoms with Crippen LogP contribution in [0.5, 0.6) is 5.75 Å². The first-order valence-corrected chi connectivity index (χ1v) is 13.2. The zero-order valence-corrected chi connectivity index (χ0v) is 24.5. The van der Waals surface area contributed by atoms with Gasteiger partial charge in [0, 0.05) is 40.3 Å². The number of amides is 1. The molecule has 1 N–H and O–H groups in total. The smallest absolute Gasteiger partial charge is 0.303 e. The molecule has 12 nitrogen and oxygen atoms in total. The molecule has 1 fully saturated rings. The van der Waals surface area contributed by atoms with E-state index in [-0.39, 0.29) is 12.5 Å². The molecular formula is C30H35NO11. The summed E-state index contributed by atoms with van der Waals surface area (Å²) >= 11 is 0. The van der Waals surface area contributed by atoms with Crippen molar-refractivity contribution >= 4 is 29.8 Å². The summed E-state index contributed by atoms with van der Waals surface area (Å²) in [7, 11) is 1.55. The van der Waals surface area contributed by atoms with E-state index in [4.69, 9.17) is 28.4 Å². The van der Waals surface area contributed by atoms with Gasteiger partial charge in [-0.25, -0.2) is 0 Å². The Balaban J connectivity index is 2.03. The van der Waals surface area contributed by atoms with Crippen LogP contribution in [-0.4, -0.2) is 73.6 Å². The summed E-state index contributed by atoms with van der Waals surface area (Å²) < 4.78 is 34.1. The van der Waals surface area contributed by atoms with Gasteiger partial charge in [0.25, 0.3) is 5.91 Å². The highest BCUT2D eigenvalue weighted by Crippen LogP contribution is 2.39. The molecule has 2 aromatic carbocycles. The second-order valence-corrected chi connectivity index (χ2v) is 9.94. The van der Waals surface area contributed by atoms with Gasteiger partial charge in [0.05, 0.1) is 0 Å². The van der Waals surface area contributed by atoms with Crippen molar-refractivity contribution in [1.29, 1.82) is 0 Å². The predicted molar refractivity (Wildman–Crippen MR) is 147 cm³/mol. The number of benzene rings is 2. The van der Waals surface area contributed by atoms with Gasteiger partial charge in [-0.2, -0.15) is 0 Å². The number of aryl methyl sites for hydroxylation is 1. The molecule has 0 unspecified atom stereocenters. The average molecular weight is 586 g/mol. The van der Waals surface area contributed by atoms with Crippen LogP contribution in [-0.2, 0) is 42.9 Å². The molecule has 12 heteroatoms. The first kappa shape index (κ1) is 32.1. The van der Waals surface area contributed by atoms with Crippen LogP contribution in [0.4, 0.5) is 0 Å². The SMILES string of the molecule is CNC(=O)c1cccc(-c2ccc(O[C@H]3O[C@H](COC(C)=O)[C@@H](OC(C)=O)[C@](C)(OC(C)=O)[C@@H]3OC(C)=O)c(C)c2)c1. The van der Waals surface area contributed by atoms with Crippen LogP contribution >= 0.6 is 0 Å². The van der Waals surface area contributed by atoms with Crippen molar-refractivity contribution in [2.45, 2.75) is 71.7 Å². The van der Waals surface area contributed by atoms with E-state index in [0.29, 0.717) is 16.9 Å². The van der Waals surface area contributed by atoms with Crippen LogP contribution in [0.2, 0.25) is 0 Å². The number of nitrogens with one attached hydrogen (secondary N) is 1. The van der Waals surface area contributed by atoms with Crippen LogP contribution in [0, 0.1) is 6.92 Å². The fourth-order valence-electron chi connectivity index (χ4n) is 4.75. The number of carbonyl (C=O) groups is 5. The third-order valence-corrected chi connectivity index (χ3v) is 6.53. The summed E-state index contributed by atoms with van der Waals surface area (Å²) in [4.78, 5) is 60.2. The van der Waals surface area contributed by atoms with Gasteiger partial charge in [0.2, 0.25) is 12.4 Å². The molecule has 42 heavy (non-hydrogen) atoms. The molecule has 0 bridgehead atoms. The lowest BCUT2D eigenvalue weighted by atomic mass is 9.84. The van der Waals surface area contributed by atoms with E-state index >= 15 is 0 Å². The molecule has 1 aliphatic rings. The van der Waals surface area contributed by atoms with E-state index in [1.54, 1.807) is 44.3 Å². The predicted octanol–water partition coefficient (Wildman–Crippen LogP) is 2.87. The largest absolute Gasteiger partial charge is 0.463 e. The highest BCUT2D eigenvalue weighted by molar-refractivity contribution is 5.95. The van der Waals surface area contributed by atoms with Crippen LogP contribution in [0.3, 0.4) is 0 Å². The molecule has 5 atom stereocenters. The van der Waals surface area contributed by atoms with Crippen molar-refractivity contribution in [3.63, 3.8) is 0 Å². The summed E-state index contributed by atoms with van der Waals surface area (Å²) in [6.45, 7) is 7.48. The third-order valence-electron chi connectivity index (χ3n) is 6.53. The lowest BCUT2D eigenvalue weighted by molar-refractivity contribution is -0.316. The normalized spacial score (nSPS) is 23.2. The number of rotatable bonds is 9. The number of carbonyl (C=O) groups excluding carboxylic acids is 5. The lowest BCUT2D eigenvalue weighted by Gasteiger charge is -2.49. The maximum absolute atomic E-state index is 12.2. The van der Waals surface area contributed by atoms with Crippen molar-refractivity contribution in [2.24, 2.45) is 0 Å². The minimum atomic E-state index is -1.80. The molecule has 0 radical (unpaired) electrons. The van der Waals surface area contributed by atoms with E-state index in [1.807, 2.05) is 12.1 Å². The number of hydrogen-bond donors (Lipinski definition) is 1. The Hall–Kier alpha value is -4.45. The quantitative estimate of drug-likeness (QED) is 0.341. The monoisotopic (exact) mass is 585 g/mol. The van der Waals surface area contributed by atoms with Crippen molar-refractivity contribution in [1.82, 2.24) is 5.32 Å². The third kappa shape index (κ3) is 7.64. The van der Waals surface area contributed by atoms with Gasteiger partial charge in [-0.1, -0.05) is 18.2 Å². The molecule has 1 amide bonds. The van der Waals surface area contributed by atoms with E-state index < -0.39 is 54.1 Å². The molecule has 2 aromatic rings. The standard InChI is InChI=1S/C30H35NO11/c1-16-13-22(21-9-8-10-23(14-21)28(36)31-7)11-12-24(16)40-29-27(39-19(4)34)30(6,42-20(5)35)26(38-18(3)33)25(41-29)15-37-17(2)32/h8-14,25-27,29H,15H2,1-7H3,(H,31,36)/t25-,26-,27-,29+,30+/m1/s1. The van der Waals surface area contributed by atoms with Crippen molar-refractivity contribution in [3.05, 3.63) is 53.6 Å². The molecule has 226 valence electrons. The Morgan fingerprint density at radius 1 is 0.857 bits per heavy atom. The van der Waals surface area contributed by atoms with Crippen LogP contribution in [0.1, 0.15) is 50.5 Å². The number of ether oxygens (including phenoxy) is 6. The summed E-state index contributed by atoms with van der Waals surface area (Å²) in [6, 6.07) is 12.4. The Bertz CT molecular complexity index is 1360. The highest BCUT2D eigenvalue weighted by atomic mass is 16.7. The van der Waals surface area contributed by atoms with E-state index in [9.17, 15) is 24.0 Å². The van der Waals surface area contributed by atoms with Crippen LogP contribution < -0.4 is 10.1 Å². The Labute approximate surface area is 243 Å². The Morgan fingerprint density at radius 2 is 1.50 bits per heavy atom. The minimum absolute atomic E-state index is 0.217. The number of hydrogen-bond acceptors (Lipinski definition) is 11. The molecule has 0 aromatic heterocycles. The highest BCUT2D eigenvalue weighted by Gasteiger charge is 2.61. The first-order valence-electron chi connectivity index (χ1n) is 13.2. The maximum atomic E-state index is 12.2. The fraction of sp³-hybridized carbons (Fsp3) is 0.433. The Kier molecular flexibility index (Phi) is 10.3. The van der Waals surface area contributed by atoms with Crippen LogP contribution in [0.25, 0.3) is 11.1 Å². The second kappa shape index (κ2) is 13.5. The van der Waals surface area contributed by atoms with Crippen molar-refractivity contribution < 1.29 is 52.4 Å². The summed E-state index contributed by atoms with van der Waals surface area (Å²) in [6.07, 6.45) is -5.28. The second-order valence-electron chi connectivity index (χ2n) is 9.94. The lowest BCUT2D eigenvalue weighted by Crippen LogP contribution is -2.70. The summed E-state index contributed by atoms with van der Waals surface area (Å²) in [5, 5.41) is 2.60. The van der Waals surface area contributed by atoms with Crippen molar-refractivity contribution in [3.8, 4) is 16.9 Å². The fourth-order valence-corrected chi connectivity index (χ4v) is 4.75. The van der Waals surface area contributed by atoms with Gasteiger partial charge in [0.15, 0.2) is 11.7 Å². The molecular weight excluding hydrogens is 550 g/mol. The van der Waals surface area contributed by atoms with Gasteiger partial charge in [-0.15, -0.1) is 0 Å². The molecule has 1 saturated heterocycles. The maximum Gasteiger partial charge on any atom is 0.303 e. The summed E-state index contributed by atoms with van der Waals surface area (Å²) in [5.74, 6) is -2.73. The molecule has 0 spiro atoms. The molecule has 0 saturated carbocycles. The van der Waals surface area contributed by atoms with Gasteiger partial charge in [-0.3, -0.25) is 24.0 Å². The van der Waals surface area contributed by atoms with E-state index in [2.05, 4.69) is 5.32 Å². The molecule has 0 aliphatic carbocycles. The van der Waals surface area contributed by atoms with Gasteiger partial charge in [-0.05, 0) is 54.8 Å². The average Bonchev–Trinajstić information content (AvgIpc) is 2.91.